The molecule has 1 aliphatic rings. The predicted octanol–water partition coefficient (Wildman–Crippen LogP) is 3.37. The van der Waals surface area contributed by atoms with Gasteiger partial charge < -0.3 is 4.90 Å². The number of anilines is 1. The fraction of sp³-hybridized carbons (Fsp3) is 0.208. The van der Waals surface area contributed by atoms with Crippen molar-refractivity contribution in [2.45, 2.75) is 28.7 Å². The molecule has 1 heterocycles. The standard InChI is InChI=1S/C24H23FN2O5S2/c1-33(29,30)23-19(17-9-4-2-5-10-17)14-15-21(22(23)25)27-16-8-13-20(24(27)28)26-34(31,32)18-11-6-3-7-12-18/h2-7,9-12,14-15,20,26H,8,13,16H2,1H3. The largest absolute Gasteiger partial charge is 0.308 e. The van der Waals surface area contributed by atoms with E-state index in [2.05, 4.69) is 4.72 Å². The van der Waals surface area contributed by atoms with Gasteiger partial charge in [0.25, 0.3) is 0 Å². The van der Waals surface area contributed by atoms with Gasteiger partial charge in [0.05, 0.1) is 10.6 Å². The van der Waals surface area contributed by atoms with E-state index in [9.17, 15) is 21.6 Å². The van der Waals surface area contributed by atoms with Crippen molar-refractivity contribution in [3.8, 4) is 11.1 Å². The molecule has 1 atom stereocenters. The lowest BCUT2D eigenvalue weighted by Crippen LogP contribution is -2.52. The molecule has 10 heteroatoms. The summed E-state index contributed by atoms with van der Waals surface area (Å²) < 4.78 is 68.6. The van der Waals surface area contributed by atoms with Gasteiger partial charge in [-0.15, -0.1) is 0 Å². The first-order chi connectivity index (χ1) is 16.1. The van der Waals surface area contributed by atoms with Crippen molar-refractivity contribution in [3.63, 3.8) is 0 Å². The first kappa shape index (κ1) is 24.1. The summed E-state index contributed by atoms with van der Waals surface area (Å²) >= 11 is 0. The van der Waals surface area contributed by atoms with E-state index in [-0.39, 0.29) is 29.1 Å². The van der Waals surface area contributed by atoms with Crippen LogP contribution in [0, 0.1) is 5.82 Å². The number of carbonyl (C=O) groups excluding carboxylic acids is 1. The van der Waals surface area contributed by atoms with E-state index in [0.29, 0.717) is 12.0 Å². The monoisotopic (exact) mass is 502 g/mol. The highest BCUT2D eigenvalue weighted by Gasteiger charge is 2.35. The second-order valence-corrected chi connectivity index (χ2v) is 11.7. The molecule has 0 spiro atoms. The number of sulfonamides is 1. The van der Waals surface area contributed by atoms with Gasteiger partial charge in [-0.25, -0.2) is 21.2 Å². The van der Waals surface area contributed by atoms with Crippen LogP contribution in [-0.2, 0) is 24.7 Å². The molecule has 178 valence electrons. The average molecular weight is 503 g/mol. The average Bonchev–Trinajstić information content (AvgIpc) is 2.81. The fourth-order valence-electron chi connectivity index (χ4n) is 4.04. The van der Waals surface area contributed by atoms with E-state index >= 15 is 4.39 Å². The van der Waals surface area contributed by atoms with Crippen molar-refractivity contribution in [2.24, 2.45) is 0 Å². The number of halogens is 1. The summed E-state index contributed by atoms with van der Waals surface area (Å²) in [4.78, 5) is 13.8. The van der Waals surface area contributed by atoms with Crippen LogP contribution in [0.5, 0.6) is 0 Å². The molecule has 3 aromatic carbocycles. The highest BCUT2D eigenvalue weighted by atomic mass is 32.2. The zero-order chi connectivity index (χ0) is 24.5. The maximum atomic E-state index is 15.7. The van der Waals surface area contributed by atoms with Crippen LogP contribution in [0.3, 0.4) is 0 Å². The van der Waals surface area contributed by atoms with Crippen molar-refractivity contribution >= 4 is 31.5 Å². The quantitative estimate of drug-likeness (QED) is 0.557. The highest BCUT2D eigenvalue weighted by molar-refractivity contribution is 7.91. The number of hydrogen-bond acceptors (Lipinski definition) is 5. The summed E-state index contributed by atoms with van der Waals surface area (Å²) in [6, 6.07) is 17.9. The van der Waals surface area contributed by atoms with E-state index in [0.717, 1.165) is 11.2 Å². The molecule has 1 unspecified atom stereocenters. The molecule has 0 aliphatic carbocycles. The minimum absolute atomic E-state index is 0.0117. The van der Waals surface area contributed by atoms with Gasteiger partial charge in [0, 0.05) is 18.4 Å². The van der Waals surface area contributed by atoms with Gasteiger partial charge in [0.15, 0.2) is 15.7 Å². The van der Waals surface area contributed by atoms with Crippen LogP contribution >= 0.6 is 0 Å². The summed E-state index contributed by atoms with van der Waals surface area (Å²) in [6.07, 6.45) is 1.56. The summed E-state index contributed by atoms with van der Waals surface area (Å²) in [5, 5.41) is 0. The minimum atomic E-state index is -3.99. The normalized spacial score (nSPS) is 17.1. The zero-order valence-electron chi connectivity index (χ0n) is 18.3. The molecular weight excluding hydrogens is 479 g/mol. The van der Waals surface area contributed by atoms with E-state index < -0.39 is 42.5 Å². The lowest BCUT2D eigenvalue weighted by Gasteiger charge is -2.33. The van der Waals surface area contributed by atoms with Crippen LogP contribution in [0.4, 0.5) is 10.1 Å². The van der Waals surface area contributed by atoms with Crippen LogP contribution in [0.1, 0.15) is 12.8 Å². The molecule has 1 saturated heterocycles. The molecule has 0 aromatic heterocycles. The zero-order valence-corrected chi connectivity index (χ0v) is 19.9. The molecule has 34 heavy (non-hydrogen) atoms. The summed E-state index contributed by atoms with van der Waals surface area (Å²) in [6.45, 7) is 0.132. The Balaban J connectivity index is 1.71. The molecule has 7 nitrogen and oxygen atoms in total. The lowest BCUT2D eigenvalue weighted by atomic mass is 10.0. The smallest absolute Gasteiger partial charge is 0.245 e. The Morgan fingerprint density at radius 2 is 1.53 bits per heavy atom. The van der Waals surface area contributed by atoms with E-state index in [4.69, 9.17) is 0 Å². The van der Waals surface area contributed by atoms with Crippen LogP contribution in [-0.4, -0.2) is 41.6 Å². The number of rotatable bonds is 6. The number of piperidine rings is 1. The fourth-order valence-corrected chi connectivity index (χ4v) is 6.30. The minimum Gasteiger partial charge on any atom is -0.308 e. The number of nitrogens with one attached hydrogen (secondary N) is 1. The van der Waals surface area contributed by atoms with Crippen molar-refractivity contribution in [1.82, 2.24) is 4.72 Å². The van der Waals surface area contributed by atoms with E-state index in [1.165, 1.54) is 24.3 Å². The maximum Gasteiger partial charge on any atom is 0.245 e. The molecule has 0 radical (unpaired) electrons. The van der Waals surface area contributed by atoms with Crippen molar-refractivity contribution < 1.29 is 26.0 Å². The Bertz CT molecular complexity index is 1430. The molecule has 0 saturated carbocycles. The molecule has 1 amide bonds. The van der Waals surface area contributed by atoms with Crippen LogP contribution in [0.15, 0.2) is 82.6 Å². The van der Waals surface area contributed by atoms with Crippen LogP contribution in [0.25, 0.3) is 11.1 Å². The van der Waals surface area contributed by atoms with Gasteiger partial charge in [0.1, 0.15) is 10.9 Å². The molecule has 1 fully saturated rings. The number of carbonyl (C=O) groups is 1. The van der Waals surface area contributed by atoms with Gasteiger partial charge in [-0.2, -0.15) is 4.72 Å². The van der Waals surface area contributed by atoms with Crippen molar-refractivity contribution in [2.75, 3.05) is 17.7 Å². The van der Waals surface area contributed by atoms with Crippen molar-refractivity contribution in [1.29, 1.82) is 0 Å². The van der Waals surface area contributed by atoms with Crippen LogP contribution in [0.2, 0.25) is 0 Å². The molecule has 3 aromatic rings. The van der Waals surface area contributed by atoms with E-state index in [1.54, 1.807) is 48.5 Å². The third kappa shape index (κ3) is 4.75. The number of hydrogen-bond donors (Lipinski definition) is 1. The van der Waals surface area contributed by atoms with Gasteiger partial charge in [-0.1, -0.05) is 54.6 Å². The number of nitrogens with zero attached hydrogens (tertiary/aromatic N) is 1. The van der Waals surface area contributed by atoms with Gasteiger partial charge in [-0.3, -0.25) is 4.79 Å². The second kappa shape index (κ2) is 9.28. The number of benzene rings is 3. The molecule has 1 aliphatic heterocycles. The summed E-state index contributed by atoms with van der Waals surface area (Å²) in [7, 11) is -7.96. The molecule has 4 rings (SSSR count). The number of sulfone groups is 1. The molecule has 1 N–H and O–H groups in total. The molecule has 0 bridgehead atoms. The van der Waals surface area contributed by atoms with Gasteiger partial charge >= 0.3 is 0 Å². The first-order valence-electron chi connectivity index (χ1n) is 10.6. The van der Waals surface area contributed by atoms with Gasteiger partial charge in [-0.05, 0) is 36.6 Å². The Kier molecular flexibility index (Phi) is 6.57. The lowest BCUT2D eigenvalue weighted by molar-refractivity contribution is -0.121. The summed E-state index contributed by atoms with van der Waals surface area (Å²) in [5.41, 5.74) is 0.510. The Morgan fingerprint density at radius 3 is 2.15 bits per heavy atom. The topological polar surface area (TPSA) is 101 Å². The van der Waals surface area contributed by atoms with Crippen LogP contribution < -0.4 is 9.62 Å². The second-order valence-electron chi connectivity index (χ2n) is 8.03. The third-order valence-corrected chi connectivity index (χ3v) is 8.24. The Morgan fingerprint density at radius 1 is 0.912 bits per heavy atom. The van der Waals surface area contributed by atoms with E-state index in [1.807, 2.05) is 0 Å². The molecular formula is C24H23FN2O5S2. The Labute approximate surface area is 198 Å². The number of amides is 1. The predicted molar refractivity (Wildman–Crippen MR) is 127 cm³/mol. The van der Waals surface area contributed by atoms with Gasteiger partial charge in [0.2, 0.25) is 15.9 Å². The SMILES string of the molecule is CS(=O)(=O)c1c(-c2ccccc2)ccc(N2CCCC(NS(=O)(=O)c3ccccc3)C2=O)c1F. The van der Waals surface area contributed by atoms with Crippen molar-refractivity contribution in [3.05, 3.63) is 78.6 Å². The third-order valence-electron chi connectivity index (χ3n) is 5.61. The maximum absolute atomic E-state index is 15.7. The Hall–Kier alpha value is -3.08. The first-order valence-corrected chi connectivity index (χ1v) is 13.9. The summed E-state index contributed by atoms with van der Waals surface area (Å²) in [5.74, 6) is -1.68. The highest BCUT2D eigenvalue weighted by Crippen LogP contribution is 2.36.